The molecule has 2 aliphatic heterocycles. The van der Waals surface area contributed by atoms with Gasteiger partial charge in [-0.25, -0.2) is 0 Å². The number of ketones is 1. The van der Waals surface area contributed by atoms with Crippen LogP contribution in [0.2, 0.25) is 0 Å². The number of aromatic amines is 1. The van der Waals surface area contributed by atoms with Gasteiger partial charge in [0, 0.05) is 24.8 Å². The quantitative estimate of drug-likeness (QED) is 0.848. The lowest BCUT2D eigenvalue weighted by Crippen LogP contribution is -2.28. The lowest BCUT2D eigenvalue weighted by Gasteiger charge is -2.13. The number of nitrogens with zero attached hydrogens (tertiary/aromatic N) is 2. The Morgan fingerprint density at radius 1 is 1.05 bits per heavy atom. The standard InChI is InChI=1S/C15H21N3O2/c19-14(11-17-5-1-2-6-17)12-9-13(16-10-12)15(20)18-7-3-4-8-18/h9-10,16H,1-8,11H2. The van der Waals surface area contributed by atoms with Crippen molar-refractivity contribution in [3.05, 3.63) is 23.5 Å². The van der Waals surface area contributed by atoms with Crippen molar-refractivity contribution in [1.82, 2.24) is 14.8 Å². The predicted molar refractivity (Wildman–Crippen MR) is 75.9 cm³/mol. The van der Waals surface area contributed by atoms with E-state index in [-0.39, 0.29) is 11.7 Å². The third kappa shape index (κ3) is 2.77. The van der Waals surface area contributed by atoms with Crippen molar-refractivity contribution in [1.29, 1.82) is 0 Å². The molecule has 108 valence electrons. The third-order valence-corrected chi connectivity index (χ3v) is 4.19. The van der Waals surface area contributed by atoms with Crippen LogP contribution in [0.3, 0.4) is 0 Å². The number of nitrogens with one attached hydrogen (secondary N) is 1. The van der Waals surface area contributed by atoms with Crippen molar-refractivity contribution < 1.29 is 9.59 Å². The summed E-state index contributed by atoms with van der Waals surface area (Å²) in [5, 5.41) is 0. The van der Waals surface area contributed by atoms with Gasteiger partial charge in [0.25, 0.3) is 5.91 Å². The highest BCUT2D eigenvalue weighted by atomic mass is 16.2. The van der Waals surface area contributed by atoms with Crippen molar-refractivity contribution in [2.45, 2.75) is 25.7 Å². The number of hydrogen-bond acceptors (Lipinski definition) is 3. The van der Waals surface area contributed by atoms with E-state index in [9.17, 15) is 9.59 Å². The maximum atomic E-state index is 12.2. The Kier molecular flexibility index (Phi) is 3.87. The van der Waals surface area contributed by atoms with Crippen LogP contribution in [0, 0.1) is 0 Å². The first kappa shape index (κ1) is 13.4. The smallest absolute Gasteiger partial charge is 0.270 e. The van der Waals surface area contributed by atoms with E-state index in [0.29, 0.717) is 17.8 Å². The number of amides is 1. The molecule has 0 aliphatic carbocycles. The van der Waals surface area contributed by atoms with E-state index in [4.69, 9.17) is 0 Å². The van der Waals surface area contributed by atoms with Gasteiger partial charge in [-0.15, -0.1) is 0 Å². The molecule has 2 aliphatic rings. The van der Waals surface area contributed by atoms with Crippen LogP contribution in [0.15, 0.2) is 12.3 Å². The summed E-state index contributed by atoms with van der Waals surface area (Å²) in [4.78, 5) is 31.4. The largest absolute Gasteiger partial charge is 0.356 e. The van der Waals surface area contributed by atoms with Gasteiger partial charge in [0.15, 0.2) is 5.78 Å². The molecule has 0 spiro atoms. The molecule has 0 atom stereocenters. The summed E-state index contributed by atoms with van der Waals surface area (Å²) in [6, 6.07) is 1.71. The van der Waals surface area contributed by atoms with Crippen LogP contribution in [0.1, 0.15) is 46.5 Å². The minimum Gasteiger partial charge on any atom is -0.356 e. The summed E-state index contributed by atoms with van der Waals surface area (Å²) in [6.45, 7) is 4.14. The van der Waals surface area contributed by atoms with Crippen molar-refractivity contribution in [2.24, 2.45) is 0 Å². The zero-order chi connectivity index (χ0) is 13.9. The van der Waals surface area contributed by atoms with E-state index < -0.39 is 0 Å². The van der Waals surface area contributed by atoms with Gasteiger partial charge >= 0.3 is 0 Å². The lowest BCUT2D eigenvalue weighted by molar-refractivity contribution is 0.0787. The van der Waals surface area contributed by atoms with Gasteiger partial charge in [-0.1, -0.05) is 0 Å². The average molecular weight is 275 g/mol. The topological polar surface area (TPSA) is 56.4 Å². The van der Waals surface area contributed by atoms with E-state index in [1.807, 2.05) is 4.90 Å². The Bertz CT molecular complexity index is 497. The number of H-pyrrole nitrogens is 1. The van der Waals surface area contributed by atoms with E-state index >= 15 is 0 Å². The summed E-state index contributed by atoms with van der Waals surface area (Å²) in [7, 11) is 0. The van der Waals surface area contributed by atoms with Crippen molar-refractivity contribution in [3.8, 4) is 0 Å². The number of carbonyl (C=O) groups is 2. The maximum absolute atomic E-state index is 12.2. The van der Waals surface area contributed by atoms with Gasteiger partial charge in [-0.2, -0.15) is 0 Å². The van der Waals surface area contributed by atoms with E-state index in [1.165, 1.54) is 12.8 Å². The fourth-order valence-corrected chi connectivity index (χ4v) is 3.00. The molecule has 0 aromatic carbocycles. The molecule has 0 saturated carbocycles. The highest BCUT2D eigenvalue weighted by Crippen LogP contribution is 2.14. The molecular formula is C15H21N3O2. The highest BCUT2D eigenvalue weighted by molar-refractivity contribution is 6.01. The molecule has 0 unspecified atom stereocenters. The number of carbonyl (C=O) groups excluding carboxylic acids is 2. The molecule has 5 nitrogen and oxygen atoms in total. The molecule has 1 aromatic rings. The molecule has 20 heavy (non-hydrogen) atoms. The molecule has 2 fully saturated rings. The molecular weight excluding hydrogens is 254 g/mol. The van der Waals surface area contributed by atoms with Crippen LogP contribution < -0.4 is 0 Å². The molecule has 3 rings (SSSR count). The molecule has 0 radical (unpaired) electrons. The Labute approximate surface area is 118 Å². The van der Waals surface area contributed by atoms with E-state index in [0.717, 1.165) is 39.0 Å². The SMILES string of the molecule is O=C(CN1CCCC1)c1c[nH]c(C(=O)N2CCCC2)c1. The van der Waals surface area contributed by atoms with Crippen LogP contribution in [-0.2, 0) is 0 Å². The van der Waals surface area contributed by atoms with Gasteiger partial charge in [-0.05, 0) is 44.8 Å². The Balaban J connectivity index is 1.63. The lowest BCUT2D eigenvalue weighted by atomic mass is 10.2. The third-order valence-electron chi connectivity index (χ3n) is 4.19. The van der Waals surface area contributed by atoms with Gasteiger partial charge in [-0.3, -0.25) is 14.5 Å². The van der Waals surface area contributed by atoms with Crippen LogP contribution in [-0.4, -0.2) is 59.2 Å². The fraction of sp³-hybridized carbons (Fsp3) is 0.600. The summed E-state index contributed by atoms with van der Waals surface area (Å²) in [5.41, 5.74) is 1.16. The van der Waals surface area contributed by atoms with Crippen molar-refractivity contribution in [3.63, 3.8) is 0 Å². The first-order valence-electron chi connectivity index (χ1n) is 7.47. The minimum atomic E-state index is 0.0164. The van der Waals surface area contributed by atoms with Crippen molar-refractivity contribution in [2.75, 3.05) is 32.7 Å². The van der Waals surface area contributed by atoms with Crippen molar-refractivity contribution >= 4 is 11.7 Å². The maximum Gasteiger partial charge on any atom is 0.270 e. The molecule has 1 amide bonds. The predicted octanol–water partition coefficient (Wildman–Crippen LogP) is 1.53. The molecule has 1 N–H and O–H groups in total. The van der Waals surface area contributed by atoms with Gasteiger partial charge in [0.2, 0.25) is 0 Å². The first-order chi connectivity index (χ1) is 9.74. The van der Waals surface area contributed by atoms with E-state index in [2.05, 4.69) is 9.88 Å². The Hall–Kier alpha value is -1.62. The molecule has 2 saturated heterocycles. The average Bonchev–Trinajstić information content (AvgIpc) is 3.19. The molecule has 0 bridgehead atoms. The second-order valence-electron chi connectivity index (χ2n) is 5.71. The number of rotatable bonds is 4. The second-order valence-corrected chi connectivity index (χ2v) is 5.71. The highest BCUT2D eigenvalue weighted by Gasteiger charge is 2.22. The molecule has 1 aromatic heterocycles. The van der Waals surface area contributed by atoms with E-state index in [1.54, 1.807) is 12.3 Å². The molecule has 3 heterocycles. The summed E-state index contributed by atoms with van der Waals surface area (Å²) < 4.78 is 0. The normalized spacial score (nSPS) is 19.7. The Morgan fingerprint density at radius 2 is 1.70 bits per heavy atom. The van der Waals surface area contributed by atoms with Gasteiger partial charge in [0.1, 0.15) is 5.69 Å². The number of Topliss-reactive ketones (excluding diaryl/α,β-unsaturated/α-hetero) is 1. The van der Waals surface area contributed by atoms with Crippen LogP contribution in [0.4, 0.5) is 0 Å². The molecule has 5 heteroatoms. The summed E-state index contributed by atoms with van der Waals surface area (Å²) in [6.07, 6.45) is 6.18. The second kappa shape index (κ2) is 5.79. The number of hydrogen-bond donors (Lipinski definition) is 1. The Morgan fingerprint density at radius 3 is 2.40 bits per heavy atom. The van der Waals surface area contributed by atoms with Gasteiger partial charge in [0.05, 0.1) is 6.54 Å². The summed E-state index contributed by atoms with van der Waals surface area (Å²) in [5.74, 6) is 0.117. The minimum absolute atomic E-state index is 0.0164. The van der Waals surface area contributed by atoms with Crippen LogP contribution in [0.5, 0.6) is 0 Å². The van der Waals surface area contributed by atoms with Gasteiger partial charge < -0.3 is 9.88 Å². The zero-order valence-corrected chi connectivity index (χ0v) is 11.7. The van der Waals surface area contributed by atoms with Crippen LogP contribution in [0.25, 0.3) is 0 Å². The van der Waals surface area contributed by atoms with Crippen LogP contribution >= 0.6 is 0 Å². The zero-order valence-electron chi connectivity index (χ0n) is 11.7. The number of likely N-dealkylation sites (tertiary alicyclic amines) is 2. The fourth-order valence-electron chi connectivity index (χ4n) is 3.00. The number of aromatic nitrogens is 1. The first-order valence-corrected chi connectivity index (χ1v) is 7.47. The monoisotopic (exact) mass is 275 g/mol. The summed E-state index contributed by atoms with van der Waals surface area (Å²) >= 11 is 0.